The van der Waals surface area contributed by atoms with Gasteiger partial charge >= 0.3 is 0 Å². The van der Waals surface area contributed by atoms with E-state index in [9.17, 15) is 4.79 Å². The molecule has 0 bridgehead atoms. The lowest BCUT2D eigenvalue weighted by molar-refractivity contribution is 0.0665. The van der Waals surface area contributed by atoms with E-state index in [2.05, 4.69) is 9.80 Å². The van der Waals surface area contributed by atoms with Crippen LogP contribution < -0.4 is 9.47 Å². The first-order chi connectivity index (χ1) is 11.3. The van der Waals surface area contributed by atoms with Crippen LogP contribution in [0, 0.1) is 0 Å². The second kappa shape index (κ2) is 5.81. The minimum atomic E-state index is -0.0524. The van der Waals surface area contributed by atoms with Gasteiger partial charge in [-0.2, -0.15) is 0 Å². The molecule has 0 radical (unpaired) electrons. The van der Waals surface area contributed by atoms with Crippen molar-refractivity contribution in [3.05, 3.63) is 23.3 Å². The molecule has 4 aliphatic rings. The van der Waals surface area contributed by atoms with Gasteiger partial charge in [0.1, 0.15) is 0 Å². The Hall–Kier alpha value is -1.46. The molecule has 1 saturated carbocycles. The molecule has 5 rings (SSSR count). The molecule has 0 unspecified atom stereocenters. The molecule has 5 nitrogen and oxygen atoms in total. The Morgan fingerprint density at radius 3 is 2.42 bits per heavy atom. The highest BCUT2D eigenvalue weighted by atomic mass is 35.5. The highest BCUT2D eigenvalue weighted by Gasteiger charge is 2.58. The number of hydrogen-bond acceptors (Lipinski definition) is 4. The van der Waals surface area contributed by atoms with Gasteiger partial charge in [0, 0.05) is 18.7 Å². The second-order valence-electron chi connectivity index (χ2n) is 7.14. The van der Waals surface area contributed by atoms with Crippen LogP contribution >= 0.6 is 12.4 Å². The molecule has 1 saturated heterocycles. The predicted octanol–water partition coefficient (Wildman–Crippen LogP) is 2.77. The van der Waals surface area contributed by atoms with Gasteiger partial charge < -0.3 is 19.3 Å². The maximum Gasteiger partial charge on any atom is 0.255 e. The Balaban J connectivity index is 0.00000146. The van der Waals surface area contributed by atoms with E-state index in [1.807, 2.05) is 12.1 Å². The number of likely N-dealkylation sites (tertiary alicyclic amines) is 1. The summed E-state index contributed by atoms with van der Waals surface area (Å²) in [6.07, 6.45) is 6.08. The number of carbonyl (C=O) groups excluding carboxylic acids is 1. The van der Waals surface area contributed by atoms with Gasteiger partial charge in [-0.25, -0.2) is 0 Å². The quantitative estimate of drug-likeness (QED) is 0.840. The van der Waals surface area contributed by atoms with Crippen LogP contribution in [-0.2, 0) is 5.54 Å². The predicted molar refractivity (Wildman–Crippen MR) is 92.1 cm³/mol. The molecule has 1 aliphatic carbocycles. The first kappa shape index (κ1) is 16.0. The minimum Gasteiger partial charge on any atom is -0.454 e. The van der Waals surface area contributed by atoms with Gasteiger partial charge in [0.2, 0.25) is 6.79 Å². The number of benzene rings is 1. The van der Waals surface area contributed by atoms with Crippen molar-refractivity contribution in [3.8, 4) is 11.5 Å². The number of amides is 1. The van der Waals surface area contributed by atoms with Crippen LogP contribution in [0.3, 0.4) is 0 Å². The van der Waals surface area contributed by atoms with Crippen LogP contribution in [0.4, 0.5) is 0 Å². The summed E-state index contributed by atoms with van der Waals surface area (Å²) in [7, 11) is 0. The van der Waals surface area contributed by atoms with Gasteiger partial charge in [0.15, 0.2) is 11.5 Å². The lowest BCUT2D eigenvalue weighted by Crippen LogP contribution is -2.41. The molecule has 1 spiro atoms. The average molecular weight is 351 g/mol. The molecule has 0 N–H and O–H groups in total. The third-order valence-electron chi connectivity index (χ3n) is 5.82. The van der Waals surface area contributed by atoms with E-state index in [1.54, 1.807) is 0 Å². The van der Waals surface area contributed by atoms with Crippen molar-refractivity contribution in [1.82, 2.24) is 9.80 Å². The van der Waals surface area contributed by atoms with Crippen molar-refractivity contribution in [2.24, 2.45) is 0 Å². The van der Waals surface area contributed by atoms with E-state index in [4.69, 9.17) is 9.47 Å². The van der Waals surface area contributed by atoms with Gasteiger partial charge in [-0.3, -0.25) is 4.79 Å². The maximum atomic E-state index is 12.9. The third-order valence-corrected chi connectivity index (χ3v) is 5.82. The molecule has 1 aromatic carbocycles. The zero-order valence-corrected chi connectivity index (χ0v) is 14.6. The van der Waals surface area contributed by atoms with Crippen LogP contribution in [0.1, 0.15) is 48.0 Å². The molecule has 3 aliphatic heterocycles. The zero-order valence-electron chi connectivity index (χ0n) is 13.8. The van der Waals surface area contributed by atoms with Crippen molar-refractivity contribution in [1.29, 1.82) is 0 Å². The fourth-order valence-electron chi connectivity index (χ4n) is 4.39. The first-order valence-corrected chi connectivity index (χ1v) is 8.76. The van der Waals surface area contributed by atoms with Crippen LogP contribution in [-0.4, -0.2) is 48.7 Å². The van der Waals surface area contributed by atoms with Crippen LogP contribution in [0.5, 0.6) is 11.5 Å². The Morgan fingerprint density at radius 2 is 1.71 bits per heavy atom. The van der Waals surface area contributed by atoms with Crippen LogP contribution in [0.25, 0.3) is 0 Å². The Morgan fingerprint density at radius 1 is 1.00 bits per heavy atom. The van der Waals surface area contributed by atoms with Crippen LogP contribution in [0.2, 0.25) is 0 Å². The zero-order chi connectivity index (χ0) is 15.4. The van der Waals surface area contributed by atoms with E-state index in [1.165, 1.54) is 32.4 Å². The topological polar surface area (TPSA) is 42.0 Å². The van der Waals surface area contributed by atoms with E-state index in [0.29, 0.717) is 5.75 Å². The lowest BCUT2D eigenvalue weighted by atomic mass is 10.0. The number of hydrogen-bond donors (Lipinski definition) is 0. The van der Waals surface area contributed by atoms with Crippen molar-refractivity contribution >= 4 is 18.3 Å². The number of piperidine rings is 1. The Labute approximate surface area is 148 Å². The SMILES string of the molecule is Cl.O=C1c2cc3c(cc2C2(CC2)N1CCN1CCCCC1)OCO3. The highest BCUT2D eigenvalue weighted by molar-refractivity contribution is 6.01. The standard InChI is InChI=1S/C18H22N2O3.ClH/c21-17-13-10-15-16(23-12-22-15)11-14(13)18(4-5-18)20(17)9-8-19-6-2-1-3-7-19;/h10-11H,1-9,12H2;1H. The molecule has 2 fully saturated rings. The van der Waals surface area contributed by atoms with Crippen molar-refractivity contribution in [2.75, 3.05) is 33.0 Å². The second-order valence-corrected chi connectivity index (χ2v) is 7.14. The number of carbonyl (C=O) groups is 1. The van der Waals surface area contributed by atoms with Crippen molar-refractivity contribution in [3.63, 3.8) is 0 Å². The van der Waals surface area contributed by atoms with Gasteiger partial charge in [-0.1, -0.05) is 6.42 Å². The molecule has 0 atom stereocenters. The maximum absolute atomic E-state index is 12.9. The molecule has 3 heterocycles. The monoisotopic (exact) mass is 350 g/mol. The molecule has 24 heavy (non-hydrogen) atoms. The summed E-state index contributed by atoms with van der Waals surface area (Å²) in [6, 6.07) is 3.93. The number of nitrogens with zero attached hydrogens (tertiary/aromatic N) is 2. The fourth-order valence-corrected chi connectivity index (χ4v) is 4.39. The third kappa shape index (κ3) is 2.29. The normalized spacial score (nSPS) is 23.3. The largest absolute Gasteiger partial charge is 0.454 e. The Bertz CT molecular complexity index is 668. The Kier molecular flexibility index (Phi) is 3.88. The van der Waals surface area contributed by atoms with Gasteiger partial charge in [-0.15, -0.1) is 12.4 Å². The summed E-state index contributed by atoms with van der Waals surface area (Å²) in [4.78, 5) is 17.6. The van der Waals surface area contributed by atoms with Gasteiger partial charge in [-0.05, 0) is 56.5 Å². The summed E-state index contributed by atoms with van der Waals surface area (Å²) in [5.41, 5.74) is 1.93. The number of rotatable bonds is 3. The van der Waals surface area contributed by atoms with Crippen molar-refractivity contribution < 1.29 is 14.3 Å². The highest BCUT2D eigenvalue weighted by Crippen LogP contribution is 2.58. The van der Waals surface area contributed by atoms with E-state index < -0.39 is 0 Å². The molecule has 0 aromatic heterocycles. The lowest BCUT2D eigenvalue weighted by Gasteiger charge is -2.31. The summed E-state index contributed by atoms with van der Waals surface area (Å²) in [6.45, 7) is 4.45. The number of ether oxygens (including phenoxy) is 2. The van der Waals surface area contributed by atoms with E-state index >= 15 is 0 Å². The number of halogens is 1. The molecule has 130 valence electrons. The minimum absolute atomic E-state index is 0. The fraction of sp³-hybridized carbons (Fsp3) is 0.611. The van der Waals surface area contributed by atoms with Crippen LogP contribution in [0.15, 0.2) is 12.1 Å². The number of fused-ring (bicyclic) bond motifs is 3. The van der Waals surface area contributed by atoms with E-state index in [0.717, 1.165) is 42.8 Å². The first-order valence-electron chi connectivity index (χ1n) is 8.76. The summed E-state index contributed by atoms with van der Waals surface area (Å²) in [5.74, 6) is 1.68. The van der Waals surface area contributed by atoms with Gasteiger partial charge in [0.05, 0.1) is 5.54 Å². The summed E-state index contributed by atoms with van der Waals surface area (Å²) < 4.78 is 11.0. The average Bonchev–Trinajstić information content (AvgIpc) is 3.18. The molecule has 1 amide bonds. The molecular formula is C18H23ClN2O3. The van der Waals surface area contributed by atoms with Gasteiger partial charge in [0.25, 0.3) is 5.91 Å². The van der Waals surface area contributed by atoms with E-state index in [-0.39, 0.29) is 30.6 Å². The summed E-state index contributed by atoms with van der Waals surface area (Å²) >= 11 is 0. The smallest absolute Gasteiger partial charge is 0.255 e. The van der Waals surface area contributed by atoms with Crippen molar-refractivity contribution in [2.45, 2.75) is 37.6 Å². The molecule has 1 aromatic rings. The molecule has 6 heteroatoms. The molecular weight excluding hydrogens is 328 g/mol. The summed E-state index contributed by atoms with van der Waals surface area (Å²) in [5, 5.41) is 0.